The summed E-state index contributed by atoms with van der Waals surface area (Å²) < 4.78 is 0. The number of rotatable bonds is 5. The molecule has 3 heteroatoms. The summed E-state index contributed by atoms with van der Waals surface area (Å²) in [6, 6.07) is 9.32. The predicted molar refractivity (Wildman–Crippen MR) is 57.9 cm³/mol. The van der Waals surface area contributed by atoms with E-state index in [1.807, 2.05) is 37.4 Å². The van der Waals surface area contributed by atoms with Gasteiger partial charge in [0.15, 0.2) is 0 Å². The molecule has 1 aromatic carbocycles. The lowest BCUT2D eigenvalue weighted by atomic mass is 10.0. The SMILES string of the molecule is CNCCC(N)C(O)c1ccccc1. The van der Waals surface area contributed by atoms with Crippen molar-refractivity contribution in [1.82, 2.24) is 5.32 Å². The molecule has 0 aromatic heterocycles. The molecule has 2 unspecified atom stereocenters. The third-order valence-electron chi connectivity index (χ3n) is 2.27. The number of nitrogens with two attached hydrogens (primary N) is 1. The fourth-order valence-electron chi connectivity index (χ4n) is 1.37. The monoisotopic (exact) mass is 194 g/mol. The molecule has 0 bridgehead atoms. The highest BCUT2D eigenvalue weighted by Gasteiger charge is 2.15. The van der Waals surface area contributed by atoms with Gasteiger partial charge >= 0.3 is 0 Å². The van der Waals surface area contributed by atoms with Crippen LogP contribution in [0.3, 0.4) is 0 Å². The highest BCUT2D eigenvalue weighted by Crippen LogP contribution is 2.16. The zero-order valence-corrected chi connectivity index (χ0v) is 8.48. The van der Waals surface area contributed by atoms with Crippen molar-refractivity contribution < 1.29 is 5.11 Å². The molecule has 4 N–H and O–H groups in total. The van der Waals surface area contributed by atoms with Gasteiger partial charge in [0.25, 0.3) is 0 Å². The largest absolute Gasteiger partial charge is 0.387 e. The maximum absolute atomic E-state index is 9.86. The summed E-state index contributed by atoms with van der Waals surface area (Å²) >= 11 is 0. The van der Waals surface area contributed by atoms with Gasteiger partial charge in [-0.25, -0.2) is 0 Å². The van der Waals surface area contributed by atoms with Gasteiger partial charge < -0.3 is 16.2 Å². The van der Waals surface area contributed by atoms with E-state index in [1.165, 1.54) is 0 Å². The standard InChI is InChI=1S/C11H18N2O/c1-13-8-7-10(12)11(14)9-5-3-2-4-6-9/h2-6,10-11,13-14H,7-8,12H2,1H3. The Morgan fingerprint density at radius 3 is 2.57 bits per heavy atom. The highest BCUT2D eigenvalue weighted by molar-refractivity contribution is 5.18. The van der Waals surface area contributed by atoms with Crippen LogP contribution in [0.25, 0.3) is 0 Å². The van der Waals surface area contributed by atoms with Crippen LogP contribution in [0.2, 0.25) is 0 Å². The minimum atomic E-state index is -0.565. The fraction of sp³-hybridized carbons (Fsp3) is 0.455. The molecule has 14 heavy (non-hydrogen) atoms. The Bertz CT molecular complexity index is 251. The molecule has 0 spiro atoms. The average molecular weight is 194 g/mol. The normalized spacial score (nSPS) is 15.1. The first-order chi connectivity index (χ1) is 6.75. The van der Waals surface area contributed by atoms with Gasteiger partial charge in [-0.3, -0.25) is 0 Å². The van der Waals surface area contributed by atoms with Crippen LogP contribution in [0, 0.1) is 0 Å². The van der Waals surface area contributed by atoms with E-state index >= 15 is 0 Å². The molecule has 0 radical (unpaired) electrons. The zero-order chi connectivity index (χ0) is 10.4. The van der Waals surface area contributed by atoms with Gasteiger partial charge in [-0.1, -0.05) is 30.3 Å². The molecule has 1 rings (SSSR count). The van der Waals surface area contributed by atoms with Crippen LogP contribution in [0.1, 0.15) is 18.1 Å². The van der Waals surface area contributed by atoms with Crippen molar-refractivity contribution in [2.24, 2.45) is 5.73 Å². The Kier molecular flexibility index (Phi) is 4.59. The summed E-state index contributed by atoms with van der Waals surface area (Å²) in [5, 5.41) is 12.9. The van der Waals surface area contributed by atoms with Crippen LogP contribution in [-0.4, -0.2) is 24.7 Å². The number of hydrogen-bond acceptors (Lipinski definition) is 3. The minimum absolute atomic E-state index is 0.204. The van der Waals surface area contributed by atoms with Crippen LogP contribution in [0.4, 0.5) is 0 Å². The van der Waals surface area contributed by atoms with E-state index in [-0.39, 0.29) is 6.04 Å². The second-order valence-electron chi connectivity index (χ2n) is 3.41. The Morgan fingerprint density at radius 2 is 2.00 bits per heavy atom. The van der Waals surface area contributed by atoms with Gasteiger partial charge in [-0.2, -0.15) is 0 Å². The van der Waals surface area contributed by atoms with Crippen LogP contribution < -0.4 is 11.1 Å². The molecule has 0 saturated carbocycles. The zero-order valence-electron chi connectivity index (χ0n) is 8.48. The number of aliphatic hydroxyl groups is 1. The van der Waals surface area contributed by atoms with Gasteiger partial charge in [0.05, 0.1) is 6.10 Å². The van der Waals surface area contributed by atoms with Crippen molar-refractivity contribution in [3.05, 3.63) is 35.9 Å². The van der Waals surface area contributed by atoms with Crippen LogP contribution in [-0.2, 0) is 0 Å². The molecule has 0 aliphatic heterocycles. The first-order valence-corrected chi connectivity index (χ1v) is 4.89. The maximum Gasteiger partial charge on any atom is 0.0941 e. The van der Waals surface area contributed by atoms with E-state index in [1.54, 1.807) is 0 Å². The minimum Gasteiger partial charge on any atom is -0.387 e. The lowest BCUT2D eigenvalue weighted by Gasteiger charge is -2.18. The Labute approximate surface area is 84.9 Å². The molecule has 0 amide bonds. The van der Waals surface area contributed by atoms with E-state index in [0.717, 1.165) is 18.5 Å². The third kappa shape index (κ3) is 3.10. The van der Waals surface area contributed by atoms with Crippen molar-refractivity contribution in [2.45, 2.75) is 18.6 Å². The molecule has 0 saturated heterocycles. The van der Waals surface area contributed by atoms with Gasteiger partial charge in [0.2, 0.25) is 0 Å². The molecule has 78 valence electrons. The Balaban J connectivity index is 2.52. The van der Waals surface area contributed by atoms with Gasteiger partial charge in [0, 0.05) is 6.04 Å². The maximum atomic E-state index is 9.86. The quantitative estimate of drug-likeness (QED) is 0.645. The predicted octanol–water partition coefficient (Wildman–Crippen LogP) is 0.657. The summed E-state index contributed by atoms with van der Waals surface area (Å²) in [6.07, 6.45) is 0.205. The fourth-order valence-corrected chi connectivity index (χ4v) is 1.37. The first kappa shape index (κ1) is 11.2. The van der Waals surface area contributed by atoms with Crippen molar-refractivity contribution >= 4 is 0 Å². The van der Waals surface area contributed by atoms with Crippen molar-refractivity contribution in [2.75, 3.05) is 13.6 Å². The molecule has 0 aliphatic rings. The molecular formula is C11H18N2O. The summed E-state index contributed by atoms with van der Waals surface area (Å²) in [6.45, 7) is 0.824. The lowest BCUT2D eigenvalue weighted by Crippen LogP contribution is -2.31. The van der Waals surface area contributed by atoms with E-state index in [2.05, 4.69) is 5.32 Å². The molecule has 3 nitrogen and oxygen atoms in total. The molecular weight excluding hydrogens is 176 g/mol. The molecule has 0 fully saturated rings. The van der Waals surface area contributed by atoms with Gasteiger partial charge in [0.1, 0.15) is 0 Å². The molecule has 2 atom stereocenters. The Hall–Kier alpha value is -0.900. The van der Waals surface area contributed by atoms with E-state index in [0.29, 0.717) is 0 Å². The average Bonchev–Trinajstić information content (AvgIpc) is 2.26. The van der Waals surface area contributed by atoms with Gasteiger partial charge in [-0.15, -0.1) is 0 Å². The van der Waals surface area contributed by atoms with E-state index in [4.69, 9.17) is 5.73 Å². The van der Waals surface area contributed by atoms with E-state index < -0.39 is 6.10 Å². The molecule has 1 aromatic rings. The Morgan fingerprint density at radius 1 is 1.36 bits per heavy atom. The smallest absolute Gasteiger partial charge is 0.0941 e. The lowest BCUT2D eigenvalue weighted by molar-refractivity contribution is 0.142. The molecule has 0 heterocycles. The van der Waals surface area contributed by atoms with Crippen LogP contribution in [0.15, 0.2) is 30.3 Å². The summed E-state index contributed by atoms with van der Waals surface area (Å²) in [5.74, 6) is 0. The highest BCUT2D eigenvalue weighted by atomic mass is 16.3. The summed E-state index contributed by atoms with van der Waals surface area (Å²) in [7, 11) is 1.88. The van der Waals surface area contributed by atoms with Crippen molar-refractivity contribution in [3.63, 3.8) is 0 Å². The van der Waals surface area contributed by atoms with Crippen LogP contribution >= 0.6 is 0 Å². The van der Waals surface area contributed by atoms with Gasteiger partial charge in [-0.05, 0) is 25.6 Å². The second kappa shape index (κ2) is 5.75. The van der Waals surface area contributed by atoms with Crippen LogP contribution in [0.5, 0.6) is 0 Å². The molecule has 0 aliphatic carbocycles. The third-order valence-corrected chi connectivity index (χ3v) is 2.27. The first-order valence-electron chi connectivity index (χ1n) is 4.89. The topological polar surface area (TPSA) is 58.3 Å². The summed E-state index contributed by atoms with van der Waals surface area (Å²) in [5.41, 5.74) is 6.73. The number of benzene rings is 1. The van der Waals surface area contributed by atoms with E-state index in [9.17, 15) is 5.11 Å². The number of nitrogens with one attached hydrogen (secondary N) is 1. The summed E-state index contributed by atoms with van der Waals surface area (Å²) in [4.78, 5) is 0. The van der Waals surface area contributed by atoms with Crippen molar-refractivity contribution in [1.29, 1.82) is 0 Å². The second-order valence-corrected chi connectivity index (χ2v) is 3.41. The number of aliphatic hydroxyl groups excluding tert-OH is 1. The van der Waals surface area contributed by atoms with Crippen molar-refractivity contribution in [3.8, 4) is 0 Å². The number of hydrogen-bond donors (Lipinski definition) is 3.